The van der Waals surface area contributed by atoms with Gasteiger partial charge in [-0.05, 0) is 48.4 Å². The van der Waals surface area contributed by atoms with Gasteiger partial charge in [0.25, 0.3) is 0 Å². The molecule has 0 aliphatic heterocycles. The molecule has 2 rings (SSSR count). The smallest absolute Gasteiger partial charge is 0.123 e. The number of rotatable bonds is 3. The van der Waals surface area contributed by atoms with Crippen LogP contribution in [0.2, 0.25) is 0 Å². The molecule has 0 aliphatic carbocycles. The summed E-state index contributed by atoms with van der Waals surface area (Å²) in [5.74, 6) is -0.204. The first-order valence-electron chi connectivity index (χ1n) is 5.88. The molecule has 0 unspecified atom stereocenters. The molecule has 0 aromatic heterocycles. The summed E-state index contributed by atoms with van der Waals surface area (Å²) >= 11 is 0. The van der Waals surface area contributed by atoms with Crippen LogP contribution in [0.15, 0.2) is 42.5 Å². The second-order valence-corrected chi connectivity index (χ2v) is 4.52. The molecule has 0 spiro atoms. The van der Waals surface area contributed by atoms with Crippen LogP contribution in [-0.2, 0) is 6.54 Å². The molecular formula is C15H17FN2. The number of nitrogens with two attached hydrogens (primary N) is 1. The lowest BCUT2D eigenvalue weighted by atomic mass is 10.1. The van der Waals surface area contributed by atoms with E-state index >= 15 is 0 Å². The molecule has 0 heterocycles. The van der Waals surface area contributed by atoms with Crippen molar-refractivity contribution >= 4 is 11.4 Å². The summed E-state index contributed by atoms with van der Waals surface area (Å²) in [6.45, 7) is 2.73. The van der Waals surface area contributed by atoms with Crippen LogP contribution in [0.1, 0.15) is 11.1 Å². The van der Waals surface area contributed by atoms with Gasteiger partial charge >= 0.3 is 0 Å². The highest BCUT2D eigenvalue weighted by Gasteiger charge is 2.04. The fraction of sp³-hybridized carbons (Fsp3) is 0.200. The molecular weight excluding hydrogens is 227 g/mol. The minimum absolute atomic E-state index is 0.204. The van der Waals surface area contributed by atoms with Gasteiger partial charge in [-0.25, -0.2) is 4.39 Å². The third kappa shape index (κ3) is 2.80. The third-order valence-electron chi connectivity index (χ3n) is 3.03. The van der Waals surface area contributed by atoms with Gasteiger partial charge in [0.2, 0.25) is 0 Å². The van der Waals surface area contributed by atoms with E-state index in [-0.39, 0.29) is 5.82 Å². The van der Waals surface area contributed by atoms with E-state index in [2.05, 4.69) is 11.0 Å². The molecule has 2 nitrogen and oxygen atoms in total. The van der Waals surface area contributed by atoms with Gasteiger partial charge < -0.3 is 10.6 Å². The van der Waals surface area contributed by atoms with Gasteiger partial charge in [-0.3, -0.25) is 0 Å². The van der Waals surface area contributed by atoms with E-state index in [1.54, 1.807) is 12.1 Å². The standard InChI is InChI=1S/C15H17FN2/c1-11-9-14(7-8-15(11)17)18(2)10-12-3-5-13(16)6-4-12/h3-9H,10,17H2,1-2H3. The largest absolute Gasteiger partial charge is 0.399 e. The Hall–Kier alpha value is -2.03. The number of nitrogen functional groups attached to an aromatic ring is 1. The van der Waals surface area contributed by atoms with Crippen LogP contribution < -0.4 is 10.6 Å². The van der Waals surface area contributed by atoms with Crippen molar-refractivity contribution < 1.29 is 4.39 Å². The molecule has 0 amide bonds. The summed E-state index contributed by atoms with van der Waals surface area (Å²) in [5.41, 5.74) is 9.85. The molecule has 94 valence electrons. The Bertz CT molecular complexity index is 535. The van der Waals surface area contributed by atoms with E-state index in [1.165, 1.54) is 12.1 Å². The number of hydrogen-bond donors (Lipinski definition) is 1. The second kappa shape index (κ2) is 5.08. The molecule has 2 aromatic rings. The monoisotopic (exact) mass is 244 g/mol. The molecule has 0 bridgehead atoms. The first-order valence-corrected chi connectivity index (χ1v) is 5.88. The minimum atomic E-state index is -0.204. The number of halogens is 1. The van der Waals surface area contributed by atoms with Gasteiger partial charge in [0.05, 0.1) is 0 Å². The fourth-order valence-corrected chi connectivity index (χ4v) is 1.85. The summed E-state index contributed by atoms with van der Waals surface area (Å²) in [6.07, 6.45) is 0. The summed E-state index contributed by atoms with van der Waals surface area (Å²) in [5, 5.41) is 0. The van der Waals surface area contributed by atoms with E-state index in [9.17, 15) is 4.39 Å². The Morgan fingerprint density at radius 3 is 2.39 bits per heavy atom. The molecule has 0 aliphatic rings. The van der Waals surface area contributed by atoms with Crippen LogP contribution in [-0.4, -0.2) is 7.05 Å². The van der Waals surface area contributed by atoms with Crippen molar-refractivity contribution in [3.05, 3.63) is 59.4 Å². The maximum absolute atomic E-state index is 12.8. The molecule has 18 heavy (non-hydrogen) atoms. The van der Waals surface area contributed by atoms with E-state index in [1.807, 2.05) is 26.1 Å². The van der Waals surface area contributed by atoms with E-state index in [0.29, 0.717) is 0 Å². The molecule has 0 atom stereocenters. The number of nitrogens with zero attached hydrogens (tertiary/aromatic N) is 1. The van der Waals surface area contributed by atoms with Crippen molar-refractivity contribution in [2.24, 2.45) is 0 Å². The van der Waals surface area contributed by atoms with Crippen molar-refractivity contribution in [2.45, 2.75) is 13.5 Å². The van der Waals surface area contributed by atoms with Crippen molar-refractivity contribution in [3.63, 3.8) is 0 Å². The van der Waals surface area contributed by atoms with E-state index in [4.69, 9.17) is 5.73 Å². The predicted molar refractivity (Wildman–Crippen MR) is 74.1 cm³/mol. The highest BCUT2D eigenvalue weighted by atomic mass is 19.1. The van der Waals surface area contributed by atoms with Crippen LogP contribution in [0.25, 0.3) is 0 Å². The highest BCUT2D eigenvalue weighted by molar-refractivity contribution is 5.57. The molecule has 0 radical (unpaired) electrons. The number of aryl methyl sites for hydroxylation is 1. The van der Waals surface area contributed by atoms with Gasteiger partial charge in [0, 0.05) is 25.0 Å². The Morgan fingerprint density at radius 1 is 1.11 bits per heavy atom. The lowest BCUT2D eigenvalue weighted by molar-refractivity contribution is 0.627. The fourth-order valence-electron chi connectivity index (χ4n) is 1.85. The first-order chi connectivity index (χ1) is 8.56. The average Bonchev–Trinajstić information content (AvgIpc) is 2.35. The SMILES string of the molecule is Cc1cc(N(C)Cc2ccc(F)cc2)ccc1N. The quantitative estimate of drug-likeness (QED) is 0.839. The molecule has 0 fully saturated rings. The van der Waals surface area contributed by atoms with Gasteiger partial charge in [-0.1, -0.05) is 12.1 Å². The molecule has 2 aromatic carbocycles. The zero-order valence-electron chi connectivity index (χ0n) is 10.7. The van der Waals surface area contributed by atoms with Crippen molar-refractivity contribution in [1.82, 2.24) is 0 Å². The minimum Gasteiger partial charge on any atom is -0.399 e. The maximum Gasteiger partial charge on any atom is 0.123 e. The maximum atomic E-state index is 12.8. The molecule has 0 saturated carbocycles. The Morgan fingerprint density at radius 2 is 1.78 bits per heavy atom. The molecule has 3 heteroatoms. The zero-order valence-corrected chi connectivity index (χ0v) is 10.7. The lowest BCUT2D eigenvalue weighted by Gasteiger charge is -2.20. The summed E-state index contributed by atoms with van der Waals surface area (Å²) < 4.78 is 12.8. The normalized spacial score (nSPS) is 10.4. The number of hydrogen-bond acceptors (Lipinski definition) is 2. The Labute approximate surface area is 107 Å². The van der Waals surface area contributed by atoms with Gasteiger partial charge in [0.15, 0.2) is 0 Å². The number of anilines is 2. The van der Waals surface area contributed by atoms with Crippen molar-refractivity contribution in [1.29, 1.82) is 0 Å². The summed E-state index contributed by atoms with van der Waals surface area (Å²) in [6, 6.07) is 12.5. The van der Waals surface area contributed by atoms with Crippen molar-refractivity contribution in [3.8, 4) is 0 Å². The Balaban J connectivity index is 2.13. The second-order valence-electron chi connectivity index (χ2n) is 4.52. The average molecular weight is 244 g/mol. The third-order valence-corrected chi connectivity index (χ3v) is 3.03. The lowest BCUT2D eigenvalue weighted by Crippen LogP contribution is -2.16. The number of benzene rings is 2. The van der Waals surface area contributed by atoms with Crippen LogP contribution in [0, 0.1) is 12.7 Å². The van der Waals surface area contributed by atoms with Crippen LogP contribution >= 0.6 is 0 Å². The van der Waals surface area contributed by atoms with Crippen LogP contribution in [0.3, 0.4) is 0 Å². The van der Waals surface area contributed by atoms with E-state index in [0.717, 1.165) is 29.0 Å². The predicted octanol–water partition coefficient (Wildman–Crippen LogP) is 3.35. The van der Waals surface area contributed by atoms with E-state index < -0.39 is 0 Å². The first kappa shape index (κ1) is 12.4. The van der Waals surface area contributed by atoms with Gasteiger partial charge in [-0.15, -0.1) is 0 Å². The van der Waals surface area contributed by atoms with Crippen LogP contribution in [0.5, 0.6) is 0 Å². The molecule has 0 saturated heterocycles. The molecule has 2 N–H and O–H groups in total. The van der Waals surface area contributed by atoms with Gasteiger partial charge in [-0.2, -0.15) is 0 Å². The van der Waals surface area contributed by atoms with Gasteiger partial charge in [0.1, 0.15) is 5.82 Å². The highest BCUT2D eigenvalue weighted by Crippen LogP contribution is 2.21. The van der Waals surface area contributed by atoms with Crippen LogP contribution in [0.4, 0.5) is 15.8 Å². The summed E-state index contributed by atoms with van der Waals surface area (Å²) in [7, 11) is 2.01. The summed E-state index contributed by atoms with van der Waals surface area (Å²) in [4.78, 5) is 2.11. The topological polar surface area (TPSA) is 29.3 Å². The van der Waals surface area contributed by atoms with Crippen molar-refractivity contribution in [2.75, 3.05) is 17.7 Å². The zero-order chi connectivity index (χ0) is 13.1. The Kier molecular flexibility index (Phi) is 3.51.